The van der Waals surface area contributed by atoms with Crippen LogP contribution in [0.5, 0.6) is 0 Å². The lowest BCUT2D eigenvalue weighted by Gasteiger charge is -2.17. The maximum atomic E-state index is 13.1. The predicted molar refractivity (Wildman–Crippen MR) is 67.1 cm³/mol. The second-order valence-electron chi connectivity index (χ2n) is 4.12. The van der Waals surface area contributed by atoms with Gasteiger partial charge in [0.2, 0.25) is 0 Å². The molecule has 0 radical (unpaired) electrons. The van der Waals surface area contributed by atoms with Gasteiger partial charge >= 0.3 is 0 Å². The van der Waals surface area contributed by atoms with Crippen molar-refractivity contribution in [2.75, 3.05) is 13.2 Å². The third kappa shape index (κ3) is 4.81. The van der Waals surface area contributed by atoms with Gasteiger partial charge in [0.15, 0.2) is 0 Å². The third-order valence-corrected chi connectivity index (χ3v) is 2.83. The summed E-state index contributed by atoms with van der Waals surface area (Å²) >= 11 is 0. The molecule has 0 bridgehead atoms. The van der Waals surface area contributed by atoms with Gasteiger partial charge in [-0.2, -0.15) is 0 Å². The number of halogens is 1. The van der Waals surface area contributed by atoms with Crippen LogP contribution in [0, 0.1) is 12.7 Å². The summed E-state index contributed by atoms with van der Waals surface area (Å²) in [5.41, 5.74) is 4.83. The van der Waals surface area contributed by atoms with Gasteiger partial charge in [-0.1, -0.05) is 6.07 Å². The fraction of sp³-hybridized carbons (Fsp3) is 0.538. The number of hydrogen-bond donors (Lipinski definition) is 2. The molecule has 0 aliphatic carbocycles. The van der Waals surface area contributed by atoms with Crippen LogP contribution in [0.15, 0.2) is 18.2 Å². The van der Waals surface area contributed by atoms with Gasteiger partial charge in [0.1, 0.15) is 5.82 Å². The first kappa shape index (κ1) is 14.1. The molecule has 4 heteroatoms. The van der Waals surface area contributed by atoms with E-state index in [2.05, 4.69) is 5.43 Å². The summed E-state index contributed by atoms with van der Waals surface area (Å²) in [6, 6.07) is 4.95. The molecule has 0 heterocycles. The van der Waals surface area contributed by atoms with E-state index in [4.69, 9.17) is 10.6 Å². The number of nitrogens with one attached hydrogen (secondary N) is 1. The summed E-state index contributed by atoms with van der Waals surface area (Å²) in [4.78, 5) is 0. The number of nitrogens with two attached hydrogens (primary N) is 1. The first-order valence-corrected chi connectivity index (χ1v) is 5.96. The van der Waals surface area contributed by atoms with E-state index in [1.165, 1.54) is 6.07 Å². The van der Waals surface area contributed by atoms with E-state index >= 15 is 0 Å². The Morgan fingerprint density at radius 1 is 1.47 bits per heavy atom. The molecule has 0 saturated carbocycles. The van der Waals surface area contributed by atoms with Gasteiger partial charge in [0, 0.05) is 19.3 Å². The van der Waals surface area contributed by atoms with Crippen LogP contribution >= 0.6 is 0 Å². The lowest BCUT2D eigenvalue weighted by molar-refractivity contribution is 0.136. The number of aryl methyl sites for hydroxylation is 1. The summed E-state index contributed by atoms with van der Waals surface area (Å²) in [6.07, 6.45) is 1.54. The quantitative estimate of drug-likeness (QED) is 0.435. The van der Waals surface area contributed by atoms with Crippen LogP contribution in [0.4, 0.5) is 4.39 Å². The van der Waals surface area contributed by atoms with Crippen molar-refractivity contribution >= 4 is 0 Å². The van der Waals surface area contributed by atoms with Crippen LogP contribution in [0.25, 0.3) is 0 Å². The molecule has 0 aromatic heterocycles. The van der Waals surface area contributed by atoms with E-state index in [0.29, 0.717) is 19.6 Å². The molecule has 0 spiro atoms. The molecule has 0 fully saturated rings. The molecule has 1 unspecified atom stereocenters. The van der Waals surface area contributed by atoms with Gasteiger partial charge in [0.25, 0.3) is 0 Å². The van der Waals surface area contributed by atoms with E-state index in [-0.39, 0.29) is 11.9 Å². The molecule has 17 heavy (non-hydrogen) atoms. The number of ether oxygens (including phenoxy) is 1. The molecule has 1 aromatic rings. The average molecular weight is 240 g/mol. The maximum Gasteiger partial charge on any atom is 0.123 e. The molecular weight excluding hydrogens is 219 g/mol. The van der Waals surface area contributed by atoms with E-state index in [1.807, 2.05) is 13.8 Å². The zero-order valence-corrected chi connectivity index (χ0v) is 10.5. The Morgan fingerprint density at radius 3 is 2.88 bits per heavy atom. The molecule has 1 aromatic carbocycles. The van der Waals surface area contributed by atoms with Crippen LogP contribution in [-0.4, -0.2) is 19.3 Å². The van der Waals surface area contributed by atoms with Gasteiger partial charge in [-0.05, 0) is 49.9 Å². The second kappa shape index (κ2) is 7.37. The molecule has 3 N–H and O–H groups in total. The number of rotatable bonds is 7. The van der Waals surface area contributed by atoms with Crippen LogP contribution < -0.4 is 11.3 Å². The van der Waals surface area contributed by atoms with Gasteiger partial charge in [0.05, 0.1) is 0 Å². The number of hydrogen-bond acceptors (Lipinski definition) is 3. The molecule has 96 valence electrons. The van der Waals surface area contributed by atoms with Crippen molar-refractivity contribution in [3.05, 3.63) is 35.1 Å². The molecule has 0 aliphatic heterocycles. The molecule has 0 aliphatic rings. The van der Waals surface area contributed by atoms with E-state index in [1.54, 1.807) is 12.1 Å². The van der Waals surface area contributed by atoms with Crippen molar-refractivity contribution in [3.8, 4) is 0 Å². The Balaban J connectivity index is 2.57. The SMILES string of the molecule is CCOCCC(Cc1cc(F)ccc1C)NN. The molecular formula is C13H21FN2O. The summed E-state index contributed by atoms with van der Waals surface area (Å²) in [5.74, 6) is 5.29. The molecule has 3 nitrogen and oxygen atoms in total. The van der Waals surface area contributed by atoms with Crippen molar-refractivity contribution in [2.24, 2.45) is 5.84 Å². The minimum absolute atomic E-state index is 0.113. The number of benzene rings is 1. The Kier molecular flexibility index (Phi) is 6.11. The Labute approximate surface area is 102 Å². The molecule has 1 rings (SSSR count). The highest BCUT2D eigenvalue weighted by molar-refractivity contribution is 5.27. The molecule has 1 atom stereocenters. The lowest BCUT2D eigenvalue weighted by Crippen LogP contribution is -2.37. The highest BCUT2D eigenvalue weighted by atomic mass is 19.1. The highest BCUT2D eigenvalue weighted by Gasteiger charge is 2.10. The lowest BCUT2D eigenvalue weighted by atomic mass is 10.00. The summed E-state index contributed by atoms with van der Waals surface area (Å²) in [5, 5.41) is 0. The monoisotopic (exact) mass is 240 g/mol. The van der Waals surface area contributed by atoms with Crippen LogP contribution in [0.2, 0.25) is 0 Å². The van der Waals surface area contributed by atoms with Gasteiger partial charge in [-0.15, -0.1) is 0 Å². The average Bonchev–Trinajstić information content (AvgIpc) is 2.32. The van der Waals surface area contributed by atoms with E-state index in [9.17, 15) is 4.39 Å². The maximum absolute atomic E-state index is 13.1. The molecule has 0 amide bonds. The van der Waals surface area contributed by atoms with Crippen molar-refractivity contribution in [1.82, 2.24) is 5.43 Å². The second-order valence-corrected chi connectivity index (χ2v) is 4.12. The first-order chi connectivity index (χ1) is 8.17. The smallest absolute Gasteiger partial charge is 0.123 e. The minimum atomic E-state index is -0.203. The fourth-order valence-electron chi connectivity index (χ4n) is 1.74. The predicted octanol–water partition coefficient (Wildman–Crippen LogP) is 1.94. The van der Waals surface area contributed by atoms with Gasteiger partial charge < -0.3 is 4.74 Å². The van der Waals surface area contributed by atoms with E-state index < -0.39 is 0 Å². The Morgan fingerprint density at radius 2 is 2.24 bits per heavy atom. The van der Waals surface area contributed by atoms with Gasteiger partial charge in [-0.25, -0.2) is 4.39 Å². The van der Waals surface area contributed by atoms with Crippen molar-refractivity contribution in [3.63, 3.8) is 0 Å². The Hall–Kier alpha value is -0.970. The fourth-order valence-corrected chi connectivity index (χ4v) is 1.74. The Bertz CT molecular complexity index is 344. The topological polar surface area (TPSA) is 47.3 Å². The summed E-state index contributed by atoms with van der Waals surface area (Å²) in [6.45, 7) is 5.31. The van der Waals surface area contributed by atoms with Crippen LogP contribution in [0.3, 0.4) is 0 Å². The van der Waals surface area contributed by atoms with E-state index in [0.717, 1.165) is 17.5 Å². The zero-order chi connectivity index (χ0) is 12.7. The molecule has 0 saturated heterocycles. The normalized spacial score (nSPS) is 12.7. The third-order valence-electron chi connectivity index (χ3n) is 2.83. The first-order valence-electron chi connectivity index (χ1n) is 5.96. The van der Waals surface area contributed by atoms with Crippen molar-refractivity contribution in [2.45, 2.75) is 32.7 Å². The largest absolute Gasteiger partial charge is 0.382 e. The summed E-state index contributed by atoms with van der Waals surface area (Å²) < 4.78 is 18.4. The summed E-state index contributed by atoms with van der Waals surface area (Å²) in [7, 11) is 0. The number of hydrazine groups is 1. The minimum Gasteiger partial charge on any atom is -0.382 e. The highest BCUT2D eigenvalue weighted by Crippen LogP contribution is 2.13. The van der Waals surface area contributed by atoms with Crippen molar-refractivity contribution in [1.29, 1.82) is 0 Å². The van der Waals surface area contributed by atoms with Gasteiger partial charge in [-0.3, -0.25) is 11.3 Å². The standard InChI is InChI=1S/C13H21FN2O/c1-3-17-7-6-13(16-15)9-11-8-12(14)5-4-10(11)2/h4-5,8,13,16H,3,6-7,9,15H2,1-2H3. The zero-order valence-electron chi connectivity index (χ0n) is 10.5. The van der Waals surface area contributed by atoms with Crippen LogP contribution in [-0.2, 0) is 11.2 Å². The van der Waals surface area contributed by atoms with Crippen LogP contribution in [0.1, 0.15) is 24.5 Å². The van der Waals surface area contributed by atoms with Crippen molar-refractivity contribution < 1.29 is 9.13 Å².